The van der Waals surface area contributed by atoms with E-state index < -0.39 is 0 Å². The number of likely N-dealkylation sites (N-methyl/N-ethyl adjacent to an activating group) is 1. The van der Waals surface area contributed by atoms with Gasteiger partial charge < -0.3 is 24.1 Å². The summed E-state index contributed by atoms with van der Waals surface area (Å²) in [6.07, 6.45) is 2.28. The van der Waals surface area contributed by atoms with Crippen LogP contribution >= 0.6 is 0 Å². The van der Waals surface area contributed by atoms with Crippen molar-refractivity contribution in [2.45, 2.75) is 31.7 Å². The molecular weight excluding hydrogens is 386 g/mol. The minimum atomic E-state index is -0.0694. The molecule has 2 aliphatic rings. The summed E-state index contributed by atoms with van der Waals surface area (Å²) < 4.78 is 22.0. The van der Waals surface area contributed by atoms with E-state index >= 15 is 0 Å². The molecular formula is C23H27NO6. The van der Waals surface area contributed by atoms with Crippen LogP contribution in [-0.2, 0) is 17.6 Å². The summed E-state index contributed by atoms with van der Waals surface area (Å²) in [5.74, 6) is 2.70. The van der Waals surface area contributed by atoms with Crippen LogP contribution in [0.15, 0.2) is 24.3 Å². The van der Waals surface area contributed by atoms with Gasteiger partial charge in [0.25, 0.3) is 0 Å². The third-order valence-corrected chi connectivity index (χ3v) is 5.90. The number of hydrogen-bond donors (Lipinski definition) is 1. The minimum Gasteiger partial charge on any atom is -0.504 e. The Balaban J connectivity index is 1.52. The number of carbonyl (C=O) groups excluding carboxylic acids is 1. The molecule has 0 fully saturated rings. The van der Waals surface area contributed by atoms with E-state index in [1.54, 1.807) is 19.2 Å². The molecule has 0 spiro atoms. The second kappa shape index (κ2) is 8.44. The van der Waals surface area contributed by atoms with Crippen LogP contribution < -0.4 is 18.9 Å². The van der Waals surface area contributed by atoms with Crippen molar-refractivity contribution >= 4 is 5.78 Å². The van der Waals surface area contributed by atoms with Gasteiger partial charge in [-0.3, -0.25) is 9.69 Å². The fourth-order valence-electron chi connectivity index (χ4n) is 4.26. The highest BCUT2D eigenvalue weighted by Gasteiger charge is 2.34. The van der Waals surface area contributed by atoms with E-state index in [9.17, 15) is 9.90 Å². The van der Waals surface area contributed by atoms with Gasteiger partial charge in [-0.1, -0.05) is 6.07 Å². The van der Waals surface area contributed by atoms with Crippen molar-refractivity contribution in [3.63, 3.8) is 0 Å². The molecule has 0 aliphatic carbocycles. The number of phenolic OH excluding ortho intramolecular Hbond substituents is 1. The molecule has 0 bridgehead atoms. The van der Waals surface area contributed by atoms with Crippen LogP contribution in [0, 0.1) is 0 Å². The van der Waals surface area contributed by atoms with Gasteiger partial charge in [-0.05, 0) is 49.2 Å². The molecule has 0 radical (unpaired) electrons. The lowest BCUT2D eigenvalue weighted by Gasteiger charge is -2.35. The first-order valence-corrected chi connectivity index (χ1v) is 10.1. The first-order valence-electron chi connectivity index (χ1n) is 10.1. The average Bonchev–Trinajstić information content (AvgIpc) is 3.22. The SMILES string of the molecule is COc1cc(CCC(=O)C[C@@H]2c3c(cc4c(c3OC)OCO4)CCN2C)ccc1O. The van der Waals surface area contributed by atoms with Crippen LogP contribution in [0.4, 0.5) is 0 Å². The number of fused-ring (bicyclic) bond motifs is 2. The van der Waals surface area contributed by atoms with Crippen LogP contribution in [-0.4, -0.2) is 50.4 Å². The van der Waals surface area contributed by atoms with Crippen molar-refractivity contribution in [3.05, 3.63) is 41.0 Å². The second-order valence-corrected chi connectivity index (χ2v) is 7.71. The molecule has 30 heavy (non-hydrogen) atoms. The molecule has 160 valence electrons. The Morgan fingerprint density at radius 2 is 2.07 bits per heavy atom. The smallest absolute Gasteiger partial charge is 0.231 e. The number of ether oxygens (including phenoxy) is 4. The van der Waals surface area contributed by atoms with E-state index in [2.05, 4.69) is 4.90 Å². The molecule has 4 rings (SSSR count). The Kier molecular flexibility index (Phi) is 5.72. The van der Waals surface area contributed by atoms with Gasteiger partial charge in [0.15, 0.2) is 23.0 Å². The molecule has 1 N–H and O–H groups in total. The number of Topliss-reactive ketones (excluding diaryl/α,β-unsaturated/α-hetero) is 1. The molecule has 1 atom stereocenters. The number of rotatable bonds is 7. The second-order valence-electron chi connectivity index (χ2n) is 7.71. The summed E-state index contributed by atoms with van der Waals surface area (Å²) in [6, 6.07) is 7.13. The van der Waals surface area contributed by atoms with E-state index in [1.165, 1.54) is 7.11 Å². The summed E-state index contributed by atoms with van der Waals surface area (Å²) in [7, 11) is 5.18. The number of phenols is 1. The largest absolute Gasteiger partial charge is 0.504 e. The molecule has 0 unspecified atom stereocenters. The van der Waals surface area contributed by atoms with Crippen molar-refractivity contribution < 1.29 is 28.8 Å². The highest BCUT2D eigenvalue weighted by Crippen LogP contribution is 2.50. The van der Waals surface area contributed by atoms with Crippen LogP contribution in [0.3, 0.4) is 0 Å². The lowest BCUT2D eigenvalue weighted by atomic mass is 9.87. The molecule has 0 aromatic heterocycles. The predicted molar refractivity (Wildman–Crippen MR) is 111 cm³/mol. The Morgan fingerprint density at radius 1 is 1.23 bits per heavy atom. The zero-order valence-electron chi connectivity index (χ0n) is 17.6. The normalized spacial score (nSPS) is 17.5. The number of carbonyl (C=O) groups is 1. The van der Waals surface area contributed by atoms with Crippen molar-refractivity contribution in [3.8, 4) is 28.7 Å². The molecule has 0 amide bonds. The summed E-state index contributed by atoms with van der Waals surface area (Å²) in [5.41, 5.74) is 3.13. The van der Waals surface area contributed by atoms with Gasteiger partial charge in [0.1, 0.15) is 5.78 Å². The fourth-order valence-corrected chi connectivity index (χ4v) is 4.26. The van der Waals surface area contributed by atoms with Crippen LogP contribution in [0.25, 0.3) is 0 Å². The molecule has 2 aliphatic heterocycles. The summed E-state index contributed by atoms with van der Waals surface area (Å²) >= 11 is 0. The Bertz CT molecular complexity index is 957. The number of methoxy groups -OCH3 is 2. The predicted octanol–water partition coefficient (Wildman–Crippen LogP) is 3.26. The van der Waals surface area contributed by atoms with E-state index in [0.29, 0.717) is 42.3 Å². The zero-order chi connectivity index (χ0) is 21.3. The van der Waals surface area contributed by atoms with Crippen LogP contribution in [0.1, 0.15) is 35.6 Å². The van der Waals surface area contributed by atoms with Crippen molar-refractivity contribution in [1.82, 2.24) is 4.90 Å². The van der Waals surface area contributed by atoms with Gasteiger partial charge >= 0.3 is 0 Å². The van der Waals surface area contributed by atoms with Gasteiger partial charge in [0.05, 0.1) is 14.2 Å². The Labute approximate surface area is 176 Å². The first-order chi connectivity index (χ1) is 14.5. The van der Waals surface area contributed by atoms with Gasteiger partial charge in [0, 0.05) is 31.0 Å². The lowest BCUT2D eigenvalue weighted by Crippen LogP contribution is -2.34. The maximum Gasteiger partial charge on any atom is 0.231 e. The maximum absolute atomic E-state index is 12.9. The third kappa shape index (κ3) is 3.77. The van der Waals surface area contributed by atoms with Crippen molar-refractivity contribution in [2.24, 2.45) is 0 Å². The maximum atomic E-state index is 12.9. The molecule has 2 aromatic carbocycles. The van der Waals surface area contributed by atoms with Gasteiger partial charge in [0.2, 0.25) is 12.5 Å². The van der Waals surface area contributed by atoms with Gasteiger partial charge in [-0.25, -0.2) is 0 Å². The number of hydrogen-bond acceptors (Lipinski definition) is 7. The monoisotopic (exact) mass is 413 g/mol. The average molecular weight is 413 g/mol. The Hall–Kier alpha value is -2.93. The summed E-state index contributed by atoms with van der Waals surface area (Å²) in [4.78, 5) is 15.1. The number of benzene rings is 2. The van der Waals surface area contributed by atoms with Crippen molar-refractivity contribution in [2.75, 3.05) is 34.6 Å². The zero-order valence-corrected chi connectivity index (χ0v) is 17.6. The highest BCUT2D eigenvalue weighted by molar-refractivity contribution is 5.80. The molecule has 2 aromatic rings. The number of aryl methyl sites for hydroxylation is 1. The molecule has 2 heterocycles. The van der Waals surface area contributed by atoms with E-state index in [-0.39, 0.29) is 24.4 Å². The Morgan fingerprint density at radius 3 is 2.83 bits per heavy atom. The van der Waals surface area contributed by atoms with Crippen LogP contribution in [0.5, 0.6) is 28.7 Å². The van der Waals surface area contributed by atoms with Crippen molar-refractivity contribution in [1.29, 1.82) is 0 Å². The summed E-state index contributed by atoms with van der Waals surface area (Å²) in [6.45, 7) is 1.05. The van der Waals surface area contributed by atoms with E-state index in [4.69, 9.17) is 18.9 Å². The van der Waals surface area contributed by atoms with E-state index in [1.807, 2.05) is 19.2 Å². The third-order valence-electron chi connectivity index (χ3n) is 5.90. The topological polar surface area (TPSA) is 77.5 Å². The lowest BCUT2D eigenvalue weighted by molar-refractivity contribution is -0.120. The quantitative estimate of drug-likeness (QED) is 0.747. The summed E-state index contributed by atoms with van der Waals surface area (Å²) in [5, 5.41) is 9.74. The fraction of sp³-hybridized carbons (Fsp3) is 0.435. The minimum absolute atomic E-state index is 0.0694. The number of aromatic hydroxyl groups is 1. The highest BCUT2D eigenvalue weighted by atomic mass is 16.7. The van der Waals surface area contributed by atoms with Crippen LogP contribution in [0.2, 0.25) is 0 Å². The first kappa shape index (κ1) is 20.3. The molecule has 0 saturated heterocycles. The number of ketones is 1. The van der Waals surface area contributed by atoms with Gasteiger partial charge in [-0.15, -0.1) is 0 Å². The molecule has 7 nitrogen and oxygen atoms in total. The number of nitrogens with zero attached hydrogens (tertiary/aromatic N) is 1. The van der Waals surface area contributed by atoms with E-state index in [0.717, 1.165) is 29.7 Å². The standard InChI is InChI=1S/C23H27NO6/c1-24-9-8-15-11-20-22(30-13-29-20)23(28-3)21(15)17(24)12-16(25)6-4-14-5-7-18(26)19(10-14)27-2/h5,7,10-11,17,26H,4,6,8-9,12-13H2,1-3H3/t17-/m1/s1. The van der Waals surface area contributed by atoms with Gasteiger partial charge in [-0.2, -0.15) is 0 Å². The molecule has 7 heteroatoms. The molecule has 0 saturated carbocycles.